The van der Waals surface area contributed by atoms with E-state index in [4.69, 9.17) is 4.74 Å². The lowest BCUT2D eigenvalue weighted by molar-refractivity contribution is -0.136. The molecule has 3 aromatic carbocycles. The standard InChI is InChI=1S/C29H28F4N4O3/c1-18(6-5-13-34-28(39)40-17-19-7-3-2-4-8-19)16-35-27(38)26-36-24-15-21(20-9-11-22(30)12-10-20)14-23(25(24)37-26)29(31,32)33/h2-4,7-12,14-15,18H,5-6,13,16-17H2,1H3,(H,34,39)(H,35,38)(H,36,37)/t18-/m0/s1. The van der Waals surface area contributed by atoms with Crippen molar-refractivity contribution in [3.05, 3.63) is 89.5 Å². The summed E-state index contributed by atoms with van der Waals surface area (Å²) < 4.78 is 59.9. The van der Waals surface area contributed by atoms with Crippen LogP contribution < -0.4 is 10.6 Å². The number of benzene rings is 3. The van der Waals surface area contributed by atoms with Gasteiger partial charge in [-0.1, -0.05) is 49.4 Å². The van der Waals surface area contributed by atoms with Crippen molar-refractivity contribution in [1.82, 2.24) is 20.6 Å². The molecule has 7 nitrogen and oxygen atoms in total. The van der Waals surface area contributed by atoms with Crippen LogP contribution in [0.4, 0.5) is 22.4 Å². The van der Waals surface area contributed by atoms with Crippen LogP contribution in [0.3, 0.4) is 0 Å². The molecule has 1 heterocycles. The molecule has 0 fully saturated rings. The fourth-order valence-corrected chi connectivity index (χ4v) is 4.12. The van der Waals surface area contributed by atoms with Crippen LogP contribution in [0.25, 0.3) is 22.2 Å². The maximum Gasteiger partial charge on any atom is 0.418 e. The van der Waals surface area contributed by atoms with Crippen LogP contribution in [-0.2, 0) is 17.5 Å². The average molecular weight is 557 g/mol. The summed E-state index contributed by atoms with van der Waals surface area (Å²) >= 11 is 0. The van der Waals surface area contributed by atoms with Crippen molar-refractivity contribution in [3.63, 3.8) is 0 Å². The van der Waals surface area contributed by atoms with E-state index < -0.39 is 29.6 Å². The lowest BCUT2D eigenvalue weighted by atomic mass is 10.0. The minimum atomic E-state index is -4.71. The second kappa shape index (κ2) is 12.6. The summed E-state index contributed by atoms with van der Waals surface area (Å²) in [5.74, 6) is -1.35. The quantitative estimate of drug-likeness (QED) is 0.154. The molecular weight excluding hydrogens is 528 g/mol. The number of nitrogens with one attached hydrogen (secondary N) is 3. The summed E-state index contributed by atoms with van der Waals surface area (Å²) in [5, 5.41) is 5.37. The number of imidazole rings is 1. The van der Waals surface area contributed by atoms with Gasteiger partial charge in [-0.2, -0.15) is 13.2 Å². The number of ether oxygens (including phenoxy) is 1. The maximum atomic E-state index is 13.8. The second-order valence-electron chi connectivity index (χ2n) is 9.46. The lowest BCUT2D eigenvalue weighted by Gasteiger charge is -2.12. The van der Waals surface area contributed by atoms with Crippen LogP contribution in [0.2, 0.25) is 0 Å². The Kier molecular flexibility index (Phi) is 9.03. The molecule has 0 bridgehead atoms. The molecule has 0 aliphatic carbocycles. The van der Waals surface area contributed by atoms with Crippen molar-refractivity contribution < 1.29 is 31.9 Å². The fourth-order valence-electron chi connectivity index (χ4n) is 4.12. The molecular formula is C29H28F4N4O3. The fraction of sp³-hybridized carbons (Fsp3) is 0.276. The van der Waals surface area contributed by atoms with Gasteiger partial charge in [0, 0.05) is 13.1 Å². The number of hydrogen-bond acceptors (Lipinski definition) is 4. The monoisotopic (exact) mass is 556 g/mol. The molecule has 4 rings (SSSR count). The highest BCUT2D eigenvalue weighted by Gasteiger charge is 2.35. The summed E-state index contributed by atoms with van der Waals surface area (Å²) in [4.78, 5) is 31.1. The van der Waals surface area contributed by atoms with Gasteiger partial charge in [0.25, 0.3) is 5.91 Å². The number of halogens is 4. The van der Waals surface area contributed by atoms with Gasteiger partial charge < -0.3 is 20.4 Å². The minimum Gasteiger partial charge on any atom is -0.445 e. The molecule has 0 saturated heterocycles. The minimum absolute atomic E-state index is 0.0336. The highest BCUT2D eigenvalue weighted by Crippen LogP contribution is 2.37. The third kappa shape index (κ3) is 7.58. The third-order valence-corrected chi connectivity index (χ3v) is 6.25. The van der Waals surface area contributed by atoms with E-state index in [2.05, 4.69) is 20.6 Å². The molecule has 1 atom stereocenters. The Morgan fingerprint density at radius 3 is 2.42 bits per heavy atom. The van der Waals surface area contributed by atoms with E-state index in [0.717, 1.165) is 23.8 Å². The number of alkyl carbamates (subject to hydrolysis) is 1. The number of fused-ring (bicyclic) bond motifs is 1. The molecule has 0 aliphatic heterocycles. The Hall–Kier alpha value is -4.41. The van der Waals surface area contributed by atoms with E-state index in [1.165, 1.54) is 18.2 Å². The number of amides is 2. The second-order valence-corrected chi connectivity index (χ2v) is 9.46. The van der Waals surface area contributed by atoms with Crippen LogP contribution >= 0.6 is 0 Å². The van der Waals surface area contributed by atoms with Gasteiger partial charge in [0.15, 0.2) is 5.82 Å². The van der Waals surface area contributed by atoms with Crippen LogP contribution in [0.5, 0.6) is 0 Å². The number of carbonyl (C=O) groups is 2. The number of rotatable bonds is 10. The topological polar surface area (TPSA) is 96.1 Å². The molecule has 11 heteroatoms. The first-order valence-corrected chi connectivity index (χ1v) is 12.7. The molecule has 40 heavy (non-hydrogen) atoms. The zero-order valence-corrected chi connectivity index (χ0v) is 21.6. The Bertz CT molecular complexity index is 1450. The zero-order chi connectivity index (χ0) is 28.7. The van der Waals surface area contributed by atoms with Crippen molar-refractivity contribution in [2.45, 2.75) is 32.5 Å². The first kappa shape index (κ1) is 28.6. The number of hydrogen-bond donors (Lipinski definition) is 3. The Morgan fingerprint density at radius 1 is 1.00 bits per heavy atom. The van der Waals surface area contributed by atoms with Gasteiger partial charge in [0.2, 0.25) is 0 Å². The lowest BCUT2D eigenvalue weighted by Crippen LogP contribution is -2.30. The number of H-pyrrole nitrogens is 1. The maximum absolute atomic E-state index is 13.8. The first-order chi connectivity index (χ1) is 19.1. The van der Waals surface area contributed by atoms with Crippen molar-refractivity contribution in [3.8, 4) is 11.1 Å². The van der Waals surface area contributed by atoms with Gasteiger partial charge in [0.05, 0.1) is 11.1 Å². The van der Waals surface area contributed by atoms with Crippen molar-refractivity contribution >= 4 is 23.0 Å². The van der Waals surface area contributed by atoms with E-state index in [-0.39, 0.29) is 41.5 Å². The molecule has 3 N–H and O–H groups in total. The first-order valence-electron chi connectivity index (χ1n) is 12.7. The average Bonchev–Trinajstić information content (AvgIpc) is 3.37. The van der Waals surface area contributed by atoms with Gasteiger partial charge in [0.1, 0.15) is 17.9 Å². The molecule has 2 amide bonds. The predicted molar refractivity (Wildman–Crippen MR) is 142 cm³/mol. The summed E-state index contributed by atoms with van der Waals surface area (Å²) in [6, 6.07) is 16.8. The molecule has 0 aliphatic rings. The third-order valence-electron chi connectivity index (χ3n) is 6.25. The van der Waals surface area contributed by atoms with Crippen LogP contribution in [0.15, 0.2) is 66.7 Å². The Balaban J connectivity index is 1.30. The molecule has 0 radical (unpaired) electrons. The Morgan fingerprint density at radius 2 is 1.73 bits per heavy atom. The molecule has 1 aromatic heterocycles. The van der Waals surface area contributed by atoms with Crippen LogP contribution in [0, 0.1) is 11.7 Å². The van der Waals surface area contributed by atoms with Crippen LogP contribution in [-0.4, -0.2) is 35.1 Å². The van der Waals surface area contributed by atoms with E-state index in [0.29, 0.717) is 24.9 Å². The highest BCUT2D eigenvalue weighted by molar-refractivity contribution is 5.96. The van der Waals surface area contributed by atoms with Crippen molar-refractivity contribution in [2.75, 3.05) is 13.1 Å². The molecule has 0 saturated carbocycles. The Labute approximate surface area is 228 Å². The molecule has 0 unspecified atom stereocenters. The SMILES string of the molecule is C[C@@H](CCCNC(=O)OCc1ccccc1)CNC(=O)c1nc2c(C(F)(F)F)cc(-c3ccc(F)cc3)cc2[nH]1. The number of aromatic amines is 1. The van der Waals surface area contributed by atoms with E-state index in [9.17, 15) is 27.2 Å². The molecule has 210 valence electrons. The molecule has 0 spiro atoms. The van der Waals surface area contributed by atoms with Gasteiger partial charge in [-0.3, -0.25) is 4.79 Å². The van der Waals surface area contributed by atoms with E-state index in [1.807, 2.05) is 37.3 Å². The summed E-state index contributed by atoms with van der Waals surface area (Å²) in [6.45, 7) is 2.74. The smallest absolute Gasteiger partial charge is 0.418 e. The summed E-state index contributed by atoms with van der Waals surface area (Å²) in [5.41, 5.74) is 0.153. The van der Waals surface area contributed by atoms with Gasteiger partial charge in [-0.05, 0) is 59.7 Å². The van der Waals surface area contributed by atoms with E-state index >= 15 is 0 Å². The number of carbonyl (C=O) groups excluding carboxylic acids is 2. The highest BCUT2D eigenvalue weighted by atomic mass is 19.4. The number of alkyl halides is 3. The van der Waals surface area contributed by atoms with Crippen LogP contribution in [0.1, 0.15) is 41.5 Å². The normalized spacial score (nSPS) is 12.2. The van der Waals surface area contributed by atoms with Gasteiger partial charge in [-0.25, -0.2) is 14.2 Å². The van der Waals surface area contributed by atoms with E-state index in [1.54, 1.807) is 0 Å². The summed E-state index contributed by atoms with van der Waals surface area (Å²) in [7, 11) is 0. The zero-order valence-electron chi connectivity index (χ0n) is 21.6. The van der Waals surface area contributed by atoms with Gasteiger partial charge in [-0.15, -0.1) is 0 Å². The number of nitrogens with zero attached hydrogens (tertiary/aromatic N) is 1. The number of aromatic nitrogens is 2. The predicted octanol–water partition coefficient (Wildman–Crippen LogP) is 6.46. The largest absolute Gasteiger partial charge is 0.445 e. The van der Waals surface area contributed by atoms with Crippen molar-refractivity contribution in [1.29, 1.82) is 0 Å². The van der Waals surface area contributed by atoms with Gasteiger partial charge >= 0.3 is 12.3 Å². The molecule has 4 aromatic rings. The van der Waals surface area contributed by atoms with Crippen molar-refractivity contribution in [2.24, 2.45) is 5.92 Å². The summed E-state index contributed by atoms with van der Waals surface area (Å²) in [6.07, 6.45) is -3.91.